The summed E-state index contributed by atoms with van der Waals surface area (Å²) >= 11 is 5.79. The Morgan fingerprint density at radius 1 is 1.56 bits per heavy atom. The van der Waals surface area contributed by atoms with Gasteiger partial charge in [0.15, 0.2) is 0 Å². The number of hydrogen-bond acceptors (Lipinski definition) is 4. The van der Waals surface area contributed by atoms with E-state index in [0.717, 1.165) is 0 Å². The molecule has 0 aliphatic carbocycles. The fourth-order valence-corrected chi connectivity index (χ4v) is 1.59. The lowest BCUT2D eigenvalue weighted by molar-refractivity contribution is -0.385. The Kier molecular flexibility index (Phi) is 4.67. The molecule has 0 saturated heterocycles. The summed E-state index contributed by atoms with van der Waals surface area (Å²) in [5.41, 5.74) is 0.600. The van der Waals surface area contributed by atoms with Crippen LogP contribution in [0.1, 0.15) is 5.56 Å². The van der Waals surface area contributed by atoms with E-state index in [1.165, 1.54) is 12.1 Å². The topological polar surface area (TPSA) is 66.6 Å². The smallest absolute Gasteiger partial charge is 0.273 e. The maximum absolute atomic E-state index is 10.8. The first kappa shape index (κ1) is 12.9. The zero-order valence-electron chi connectivity index (χ0n) is 8.89. The molecule has 0 heterocycles. The molecule has 1 aromatic rings. The van der Waals surface area contributed by atoms with Crippen LogP contribution in [0.2, 0.25) is 5.02 Å². The van der Waals surface area contributed by atoms with Crippen molar-refractivity contribution in [2.45, 2.75) is 6.54 Å². The molecule has 1 rings (SSSR count). The fraction of sp³-hybridized carbons (Fsp3) is 0.400. The molecule has 0 amide bonds. The Balaban J connectivity index is 2.92. The van der Waals surface area contributed by atoms with Crippen LogP contribution in [0.15, 0.2) is 18.2 Å². The lowest BCUT2D eigenvalue weighted by atomic mass is 10.1. The predicted octanol–water partition coefficient (Wildman–Crippen LogP) is 1.67. The van der Waals surface area contributed by atoms with E-state index in [1.807, 2.05) is 0 Å². The van der Waals surface area contributed by atoms with Crippen molar-refractivity contribution in [1.29, 1.82) is 0 Å². The van der Waals surface area contributed by atoms with Gasteiger partial charge in [-0.25, -0.2) is 0 Å². The normalized spacial score (nSPS) is 10.8. The van der Waals surface area contributed by atoms with Crippen LogP contribution in [0.5, 0.6) is 0 Å². The fourth-order valence-electron chi connectivity index (χ4n) is 1.40. The van der Waals surface area contributed by atoms with Gasteiger partial charge in [-0.3, -0.25) is 15.0 Å². The number of aliphatic hydroxyl groups is 1. The van der Waals surface area contributed by atoms with Gasteiger partial charge >= 0.3 is 0 Å². The van der Waals surface area contributed by atoms with Crippen molar-refractivity contribution in [1.82, 2.24) is 4.90 Å². The average molecular weight is 245 g/mol. The number of halogens is 1. The number of likely N-dealkylation sites (N-methyl/N-ethyl adjacent to an activating group) is 1. The minimum atomic E-state index is -0.432. The second-order valence-corrected chi connectivity index (χ2v) is 3.93. The summed E-state index contributed by atoms with van der Waals surface area (Å²) in [6.45, 7) is 0.867. The third-order valence-electron chi connectivity index (χ3n) is 2.16. The van der Waals surface area contributed by atoms with E-state index in [9.17, 15) is 10.1 Å². The van der Waals surface area contributed by atoms with Crippen LogP contribution < -0.4 is 0 Å². The van der Waals surface area contributed by atoms with E-state index in [-0.39, 0.29) is 12.3 Å². The second-order valence-electron chi connectivity index (χ2n) is 3.49. The zero-order valence-corrected chi connectivity index (χ0v) is 9.65. The number of aliphatic hydroxyl groups excluding tert-OH is 1. The molecule has 0 bridgehead atoms. The van der Waals surface area contributed by atoms with Gasteiger partial charge < -0.3 is 5.11 Å². The Morgan fingerprint density at radius 3 is 2.81 bits per heavy atom. The highest BCUT2D eigenvalue weighted by Gasteiger charge is 2.14. The summed E-state index contributed by atoms with van der Waals surface area (Å²) < 4.78 is 0. The molecule has 0 saturated carbocycles. The minimum Gasteiger partial charge on any atom is -0.395 e. The van der Waals surface area contributed by atoms with Gasteiger partial charge in [0.2, 0.25) is 0 Å². The summed E-state index contributed by atoms with van der Waals surface area (Å²) in [6, 6.07) is 4.47. The van der Waals surface area contributed by atoms with Crippen LogP contribution in [0.3, 0.4) is 0 Å². The summed E-state index contributed by atoms with van der Waals surface area (Å²) in [5.74, 6) is 0. The van der Waals surface area contributed by atoms with Crippen molar-refractivity contribution >= 4 is 17.3 Å². The van der Waals surface area contributed by atoms with Crippen LogP contribution in [-0.2, 0) is 6.54 Å². The van der Waals surface area contributed by atoms with Crippen LogP contribution in [0.25, 0.3) is 0 Å². The van der Waals surface area contributed by atoms with Gasteiger partial charge in [0.1, 0.15) is 0 Å². The van der Waals surface area contributed by atoms with E-state index in [0.29, 0.717) is 23.7 Å². The molecular weight excluding hydrogens is 232 g/mol. The lowest BCUT2D eigenvalue weighted by Crippen LogP contribution is -2.22. The third kappa shape index (κ3) is 3.44. The van der Waals surface area contributed by atoms with Gasteiger partial charge in [-0.05, 0) is 19.2 Å². The minimum absolute atomic E-state index is 0.0187. The molecule has 0 spiro atoms. The highest BCUT2D eigenvalue weighted by molar-refractivity contribution is 6.30. The molecule has 5 nitrogen and oxygen atoms in total. The molecule has 0 aliphatic rings. The van der Waals surface area contributed by atoms with Gasteiger partial charge in [0.05, 0.1) is 11.5 Å². The molecule has 1 N–H and O–H groups in total. The van der Waals surface area contributed by atoms with Gasteiger partial charge in [-0.15, -0.1) is 0 Å². The molecule has 0 aliphatic heterocycles. The number of nitrogens with zero attached hydrogens (tertiary/aromatic N) is 2. The van der Waals surface area contributed by atoms with E-state index in [4.69, 9.17) is 16.7 Å². The van der Waals surface area contributed by atoms with Crippen molar-refractivity contribution in [3.05, 3.63) is 38.9 Å². The maximum atomic E-state index is 10.8. The van der Waals surface area contributed by atoms with Gasteiger partial charge in [0, 0.05) is 29.7 Å². The van der Waals surface area contributed by atoms with Crippen LogP contribution in [0, 0.1) is 10.1 Å². The first-order chi connectivity index (χ1) is 7.54. The Bertz CT molecular complexity index is 384. The molecule has 0 aromatic heterocycles. The van der Waals surface area contributed by atoms with Crippen LogP contribution in [0.4, 0.5) is 5.69 Å². The lowest BCUT2D eigenvalue weighted by Gasteiger charge is -2.15. The average Bonchev–Trinajstić information content (AvgIpc) is 2.17. The largest absolute Gasteiger partial charge is 0.395 e. The molecule has 16 heavy (non-hydrogen) atoms. The van der Waals surface area contributed by atoms with Crippen molar-refractivity contribution in [3.8, 4) is 0 Å². The first-order valence-corrected chi connectivity index (χ1v) is 5.14. The number of rotatable bonds is 5. The summed E-state index contributed by atoms with van der Waals surface area (Å²) in [7, 11) is 1.78. The molecule has 0 fully saturated rings. The summed E-state index contributed by atoms with van der Waals surface area (Å²) in [6.07, 6.45) is 0. The van der Waals surface area contributed by atoms with Gasteiger partial charge in [-0.1, -0.05) is 11.6 Å². The van der Waals surface area contributed by atoms with E-state index >= 15 is 0 Å². The molecule has 0 atom stereocenters. The molecule has 1 aromatic carbocycles. The first-order valence-electron chi connectivity index (χ1n) is 4.77. The highest BCUT2D eigenvalue weighted by atomic mass is 35.5. The standard InChI is InChI=1S/C10H13ClN2O3/c1-12(4-5-14)7-8-6-9(11)2-3-10(8)13(15)16/h2-3,6,14H,4-5,7H2,1H3. The van der Waals surface area contributed by atoms with Crippen molar-refractivity contribution in [2.24, 2.45) is 0 Å². The molecule has 0 unspecified atom stereocenters. The number of nitro groups is 1. The van der Waals surface area contributed by atoms with Gasteiger partial charge in [0.25, 0.3) is 5.69 Å². The number of benzene rings is 1. The second kappa shape index (κ2) is 5.79. The third-order valence-corrected chi connectivity index (χ3v) is 2.40. The van der Waals surface area contributed by atoms with E-state index < -0.39 is 4.92 Å². The summed E-state index contributed by atoms with van der Waals surface area (Å²) in [5, 5.41) is 20.0. The predicted molar refractivity (Wildman–Crippen MR) is 61.5 cm³/mol. The van der Waals surface area contributed by atoms with E-state index in [1.54, 1.807) is 18.0 Å². The van der Waals surface area contributed by atoms with Crippen LogP contribution in [-0.4, -0.2) is 35.1 Å². The van der Waals surface area contributed by atoms with Crippen molar-refractivity contribution in [3.63, 3.8) is 0 Å². The number of nitro benzene ring substituents is 1. The van der Waals surface area contributed by atoms with Crippen molar-refractivity contribution < 1.29 is 10.0 Å². The van der Waals surface area contributed by atoms with Gasteiger partial charge in [-0.2, -0.15) is 0 Å². The highest BCUT2D eigenvalue weighted by Crippen LogP contribution is 2.23. The number of hydrogen-bond donors (Lipinski definition) is 1. The Labute approximate surface area is 98.4 Å². The molecule has 88 valence electrons. The van der Waals surface area contributed by atoms with E-state index in [2.05, 4.69) is 0 Å². The Morgan fingerprint density at radius 2 is 2.25 bits per heavy atom. The summed E-state index contributed by atoms with van der Waals surface area (Å²) in [4.78, 5) is 12.1. The molecule has 0 radical (unpaired) electrons. The SMILES string of the molecule is CN(CCO)Cc1cc(Cl)ccc1[N+](=O)[O-]. The molecular formula is C10H13ClN2O3. The zero-order chi connectivity index (χ0) is 12.1. The van der Waals surface area contributed by atoms with Crippen LogP contribution >= 0.6 is 11.6 Å². The molecule has 6 heteroatoms. The monoisotopic (exact) mass is 244 g/mol. The quantitative estimate of drug-likeness (QED) is 0.632. The Hall–Kier alpha value is -1.17. The maximum Gasteiger partial charge on any atom is 0.273 e. The van der Waals surface area contributed by atoms with Crippen molar-refractivity contribution in [2.75, 3.05) is 20.2 Å².